The van der Waals surface area contributed by atoms with Crippen LogP contribution in [0.1, 0.15) is 140 Å². The lowest BCUT2D eigenvalue weighted by Crippen LogP contribution is -2.59. The molecule has 12 rings (SSSR count). The van der Waals surface area contributed by atoms with Crippen molar-refractivity contribution >= 4 is 57.8 Å². The van der Waals surface area contributed by atoms with Crippen molar-refractivity contribution in [3.63, 3.8) is 0 Å². The third-order valence-electron chi connectivity index (χ3n) is 18.5. The summed E-state index contributed by atoms with van der Waals surface area (Å²) in [6.45, 7) is 10.4. The molecule has 404 valence electrons. The standard InChI is InChI=1S/C59H70FN11O6/c1-36(2)70-35-63-48-32-47(65-53(52(48)70)64-46-17-22-61-34-45(46)60)38-9-14-44-49(29-38)71(41-30-40(31-41)67-23-5-4-6-24-67)57(76)59(44)20-27-69(28-21-59)56(75)58(3)18-25-68(26-19-58)55(74)37-7-11-42(12-8-37)77-51-16-10-39(33-62-51)43-13-15-50(72)66-54(43)73/h9-10,14,16-17,22,29,32-37,40-43H,4-8,11-13,15,18-21,23-28,30-31H2,1-3H3,(H,61,64,65)(H,66,72,73)/t37-,40-,41+,42-,43?. The van der Waals surface area contributed by atoms with E-state index in [1.54, 1.807) is 30.9 Å². The van der Waals surface area contributed by atoms with Crippen LogP contribution in [0.3, 0.4) is 0 Å². The Hall–Kier alpha value is -6.82. The Balaban J connectivity index is 0.709. The number of nitrogens with zero attached hydrogens (tertiary/aromatic N) is 9. The van der Waals surface area contributed by atoms with Crippen LogP contribution in [-0.4, -0.2) is 126 Å². The van der Waals surface area contributed by atoms with Crippen LogP contribution in [0.25, 0.3) is 22.3 Å². The number of carbonyl (C=O) groups excluding carboxylic acids is 5. The van der Waals surface area contributed by atoms with E-state index in [0.717, 1.165) is 72.2 Å². The Kier molecular flexibility index (Phi) is 13.6. The van der Waals surface area contributed by atoms with E-state index in [0.29, 0.717) is 101 Å². The Morgan fingerprint density at radius 3 is 2.29 bits per heavy atom. The number of rotatable bonds is 11. The van der Waals surface area contributed by atoms with Crippen LogP contribution in [-0.2, 0) is 29.4 Å². The van der Waals surface area contributed by atoms with Crippen molar-refractivity contribution in [2.45, 2.75) is 153 Å². The summed E-state index contributed by atoms with van der Waals surface area (Å²) in [6, 6.07) is 14.1. The van der Waals surface area contributed by atoms with E-state index >= 15 is 9.18 Å². The van der Waals surface area contributed by atoms with Gasteiger partial charge in [-0.15, -0.1) is 0 Å². The second-order valence-corrected chi connectivity index (χ2v) is 23.5. The fourth-order valence-electron chi connectivity index (χ4n) is 13.7. The van der Waals surface area contributed by atoms with Gasteiger partial charge in [-0.1, -0.05) is 31.5 Å². The van der Waals surface area contributed by atoms with Crippen LogP contribution >= 0.6 is 0 Å². The number of imide groups is 1. The molecule has 2 aliphatic carbocycles. The number of benzene rings is 1. The zero-order chi connectivity index (χ0) is 53.2. The molecule has 5 aromatic rings. The predicted molar refractivity (Wildman–Crippen MR) is 288 cm³/mol. The minimum Gasteiger partial charge on any atom is -0.474 e. The lowest BCUT2D eigenvalue weighted by molar-refractivity contribution is -0.150. The lowest BCUT2D eigenvalue weighted by atomic mass is 9.72. The van der Waals surface area contributed by atoms with Crippen LogP contribution < -0.4 is 20.3 Å². The Morgan fingerprint density at radius 1 is 0.831 bits per heavy atom. The van der Waals surface area contributed by atoms with E-state index in [2.05, 4.69) is 69.4 Å². The summed E-state index contributed by atoms with van der Waals surface area (Å²) in [5.41, 5.74) is 4.54. The molecular formula is C59H70FN11O6. The van der Waals surface area contributed by atoms with Gasteiger partial charge in [0, 0.05) is 91.8 Å². The van der Waals surface area contributed by atoms with Crippen LogP contribution in [0.15, 0.2) is 67.4 Å². The van der Waals surface area contributed by atoms with Crippen LogP contribution in [0.4, 0.5) is 21.6 Å². The smallest absolute Gasteiger partial charge is 0.238 e. The van der Waals surface area contributed by atoms with Gasteiger partial charge in [-0.2, -0.15) is 0 Å². The minimum atomic E-state index is -0.764. The fourth-order valence-corrected chi connectivity index (χ4v) is 13.7. The van der Waals surface area contributed by atoms with Crippen LogP contribution in [0.2, 0.25) is 0 Å². The molecule has 1 unspecified atom stereocenters. The van der Waals surface area contributed by atoms with E-state index in [4.69, 9.17) is 14.7 Å². The average Bonchev–Trinajstić information content (AvgIpc) is 4.22. The highest BCUT2D eigenvalue weighted by atomic mass is 19.1. The molecule has 17 nitrogen and oxygen atoms in total. The second-order valence-electron chi connectivity index (χ2n) is 23.5. The van der Waals surface area contributed by atoms with Gasteiger partial charge in [0.25, 0.3) is 0 Å². The third-order valence-corrected chi connectivity index (χ3v) is 18.5. The van der Waals surface area contributed by atoms with E-state index < -0.39 is 22.6 Å². The molecule has 0 bridgehead atoms. The zero-order valence-corrected chi connectivity index (χ0v) is 44.5. The summed E-state index contributed by atoms with van der Waals surface area (Å²) in [5, 5.41) is 5.65. The van der Waals surface area contributed by atoms with Crippen molar-refractivity contribution in [1.82, 2.24) is 44.5 Å². The highest BCUT2D eigenvalue weighted by molar-refractivity contribution is 6.10. The van der Waals surface area contributed by atoms with Gasteiger partial charge in [0.05, 0.1) is 40.8 Å². The van der Waals surface area contributed by atoms with E-state index in [-0.39, 0.29) is 59.3 Å². The maximum Gasteiger partial charge on any atom is 0.238 e. The fraction of sp³-hybridized carbons (Fsp3) is 0.542. The SMILES string of the molecule is CC(C)n1cnc2cc(-c3ccc4c(c3)N([C@H]3C[C@@H](N5CCCCC5)C3)C(=O)C43CCN(C(=O)C4(C)CCN(C(=O)[C@H]5CC[C@H](Oc6ccc(C7CCC(=O)NC7=O)cn6)CC5)CC4)CC3)nc(Nc3ccncc3F)c21. The van der Waals surface area contributed by atoms with Gasteiger partial charge in [-0.3, -0.25) is 34.3 Å². The number of likely N-dealkylation sites (tertiary alicyclic amines) is 3. The quantitative estimate of drug-likeness (QED) is 0.121. The molecule has 2 saturated carbocycles. The maximum atomic E-state index is 15.3. The molecular weight excluding hydrogens is 978 g/mol. The number of nitrogens with one attached hydrogen (secondary N) is 2. The normalized spacial score (nSPS) is 25.4. The number of halogens is 1. The highest BCUT2D eigenvalue weighted by Gasteiger charge is 2.56. The molecule has 0 radical (unpaired) electrons. The summed E-state index contributed by atoms with van der Waals surface area (Å²) in [6.07, 6.45) is 17.5. The van der Waals surface area contributed by atoms with Crippen molar-refractivity contribution in [2.75, 3.05) is 49.5 Å². The molecule has 1 atom stereocenters. The molecule has 9 heterocycles. The topological polar surface area (TPSA) is 188 Å². The number of hydrogen-bond acceptors (Lipinski definition) is 12. The number of hydrogen-bond donors (Lipinski definition) is 2. The molecule has 5 amide bonds. The van der Waals surface area contributed by atoms with Gasteiger partial charge in [0.2, 0.25) is 35.4 Å². The predicted octanol–water partition coefficient (Wildman–Crippen LogP) is 8.36. The molecule has 1 spiro atoms. The first-order valence-electron chi connectivity index (χ1n) is 28.3. The van der Waals surface area contributed by atoms with Crippen molar-refractivity contribution in [2.24, 2.45) is 11.3 Å². The van der Waals surface area contributed by atoms with Gasteiger partial charge >= 0.3 is 0 Å². The van der Waals surface area contributed by atoms with Gasteiger partial charge in [0.1, 0.15) is 11.6 Å². The number of carbonyl (C=O) groups is 5. The molecule has 18 heteroatoms. The third kappa shape index (κ3) is 9.51. The number of anilines is 3. The van der Waals surface area contributed by atoms with Crippen molar-refractivity contribution in [1.29, 1.82) is 0 Å². The Bertz CT molecular complexity index is 3090. The number of ether oxygens (including phenoxy) is 1. The van der Waals surface area contributed by atoms with Gasteiger partial charge in [0.15, 0.2) is 11.6 Å². The van der Waals surface area contributed by atoms with Crippen molar-refractivity contribution < 1.29 is 33.1 Å². The number of amides is 5. The first-order chi connectivity index (χ1) is 37.2. The minimum absolute atomic E-state index is 0.0638. The summed E-state index contributed by atoms with van der Waals surface area (Å²) < 4.78 is 23.3. The Morgan fingerprint density at radius 2 is 1.58 bits per heavy atom. The molecule has 5 aliphatic heterocycles. The largest absolute Gasteiger partial charge is 0.474 e. The van der Waals surface area contributed by atoms with E-state index in [1.165, 1.54) is 25.5 Å². The molecule has 4 aromatic heterocycles. The van der Waals surface area contributed by atoms with E-state index in [9.17, 15) is 19.2 Å². The summed E-state index contributed by atoms with van der Waals surface area (Å²) >= 11 is 0. The van der Waals surface area contributed by atoms with Gasteiger partial charge in [-0.25, -0.2) is 19.3 Å². The number of aromatic nitrogens is 5. The van der Waals surface area contributed by atoms with Gasteiger partial charge < -0.3 is 34.2 Å². The zero-order valence-electron chi connectivity index (χ0n) is 44.5. The van der Waals surface area contributed by atoms with Crippen molar-refractivity contribution in [3.8, 4) is 17.1 Å². The van der Waals surface area contributed by atoms with Crippen LogP contribution in [0.5, 0.6) is 5.88 Å². The Labute approximate surface area is 448 Å². The first kappa shape index (κ1) is 51.0. The lowest BCUT2D eigenvalue weighted by Gasteiger charge is -2.48. The molecule has 6 fully saturated rings. The molecule has 7 aliphatic rings. The number of pyridine rings is 3. The first-order valence-corrected chi connectivity index (χ1v) is 28.3. The number of fused-ring (bicyclic) bond motifs is 3. The summed E-state index contributed by atoms with van der Waals surface area (Å²) in [4.78, 5) is 94.8. The van der Waals surface area contributed by atoms with E-state index in [1.807, 2.05) is 26.5 Å². The monoisotopic (exact) mass is 1050 g/mol. The van der Waals surface area contributed by atoms with Crippen LogP contribution in [0, 0.1) is 17.2 Å². The molecule has 77 heavy (non-hydrogen) atoms. The van der Waals surface area contributed by atoms with Gasteiger partial charge in [-0.05, 0) is 140 Å². The van der Waals surface area contributed by atoms with Crippen molar-refractivity contribution in [3.05, 3.63) is 84.3 Å². The maximum absolute atomic E-state index is 15.3. The molecule has 1 aromatic carbocycles. The summed E-state index contributed by atoms with van der Waals surface area (Å²) in [5.74, 6) is -0.185. The molecule has 2 N–H and O–H groups in total. The summed E-state index contributed by atoms with van der Waals surface area (Å²) in [7, 11) is 0. The molecule has 4 saturated heterocycles. The highest BCUT2D eigenvalue weighted by Crippen LogP contribution is 2.53. The number of imidazole rings is 1. The number of piperidine rings is 4. The second kappa shape index (κ2) is 20.5. The average molecular weight is 1050 g/mol.